The predicted octanol–water partition coefficient (Wildman–Crippen LogP) is 2.51. The molecule has 1 aliphatic heterocycles. The summed E-state index contributed by atoms with van der Waals surface area (Å²) < 4.78 is 5.25. The zero-order chi connectivity index (χ0) is 13.4. The second kappa shape index (κ2) is 8.11. The van der Waals surface area contributed by atoms with Gasteiger partial charge in [-0.25, -0.2) is 0 Å². The van der Waals surface area contributed by atoms with Crippen LogP contribution in [-0.2, 0) is 14.3 Å². The molecule has 0 unspecified atom stereocenters. The van der Waals surface area contributed by atoms with E-state index in [0.29, 0.717) is 19.4 Å². The average Bonchev–Trinajstić information content (AvgIpc) is 2.37. The molecule has 1 saturated heterocycles. The minimum Gasteiger partial charge on any atom is -0.463 e. The van der Waals surface area contributed by atoms with Gasteiger partial charge in [0.15, 0.2) is 0 Å². The third kappa shape index (κ3) is 4.67. The summed E-state index contributed by atoms with van der Waals surface area (Å²) in [6.07, 6.45) is 5.88. The maximum absolute atomic E-state index is 12.0. The Morgan fingerprint density at radius 3 is 2.56 bits per heavy atom. The number of hydrogen-bond acceptors (Lipinski definition) is 3. The Kier molecular flexibility index (Phi) is 6.76. The SMILES string of the molecule is CCCC(=O)OC[C@H]1CCCCN1C(=O)CCC. The minimum absolute atomic E-state index is 0.0959. The highest BCUT2D eigenvalue weighted by atomic mass is 16.5. The van der Waals surface area contributed by atoms with E-state index in [1.54, 1.807) is 0 Å². The van der Waals surface area contributed by atoms with Gasteiger partial charge in [-0.05, 0) is 32.1 Å². The van der Waals surface area contributed by atoms with Gasteiger partial charge >= 0.3 is 5.97 Å². The molecule has 1 aliphatic rings. The molecule has 0 N–H and O–H groups in total. The van der Waals surface area contributed by atoms with E-state index < -0.39 is 0 Å². The summed E-state index contributed by atoms with van der Waals surface area (Å²) in [4.78, 5) is 25.2. The second-order valence-corrected chi connectivity index (χ2v) is 4.92. The Morgan fingerprint density at radius 2 is 1.89 bits per heavy atom. The zero-order valence-corrected chi connectivity index (χ0v) is 11.6. The lowest BCUT2D eigenvalue weighted by atomic mass is 10.0. The third-order valence-electron chi connectivity index (χ3n) is 3.30. The van der Waals surface area contributed by atoms with Crippen molar-refractivity contribution in [2.45, 2.75) is 64.8 Å². The fraction of sp³-hybridized carbons (Fsp3) is 0.857. The molecule has 1 fully saturated rings. The number of piperidine rings is 1. The molecule has 1 heterocycles. The van der Waals surface area contributed by atoms with Crippen molar-refractivity contribution < 1.29 is 14.3 Å². The number of rotatable bonds is 6. The van der Waals surface area contributed by atoms with E-state index in [1.165, 1.54) is 0 Å². The lowest BCUT2D eigenvalue weighted by molar-refractivity contribution is -0.149. The Hall–Kier alpha value is -1.06. The van der Waals surface area contributed by atoms with E-state index in [-0.39, 0.29) is 17.9 Å². The van der Waals surface area contributed by atoms with Crippen LogP contribution in [0.3, 0.4) is 0 Å². The molecular formula is C14H25NO3. The summed E-state index contributed by atoms with van der Waals surface area (Å²) in [6, 6.07) is 0.0959. The van der Waals surface area contributed by atoms with Gasteiger partial charge < -0.3 is 9.64 Å². The average molecular weight is 255 g/mol. The van der Waals surface area contributed by atoms with Crippen molar-refractivity contribution >= 4 is 11.9 Å². The third-order valence-corrected chi connectivity index (χ3v) is 3.30. The van der Waals surface area contributed by atoms with Crippen molar-refractivity contribution in [2.24, 2.45) is 0 Å². The summed E-state index contributed by atoms with van der Waals surface area (Å²) in [5.41, 5.74) is 0. The van der Waals surface area contributed by atoms with Gasteiger partial charge in [0.1, 0.15) is 6.61 Å². The Balaban J connectivity index is 2.44. The fourth-order valence-electron chi connectivity index (χ4n) is 2.33. The number of carbonyl (C=O) groups is 2. The van der Waals surface area contributed by atoms with Crippen LogP contribution >= 0.6 is 0 Å². The van der Waals surface area contributed by atoms with Crippen molar-refractivity contribution in [1.82, 2.24) is 4.90 Å². The zero-order valence-electron chi connectivity index (χ0n) is 11.6. The maximum atomic E-state index is 12.0. The van der Waals surface area contributed by atoms with Crippen LogP contribution in [0, 0.1) is 0 Å². The first kappa shape index (κ1) is 15.0. The molecule has 0 aromatic heterocycles. The number of amides is 1. The molecule has 0 aliphatic carbocycles. The Labute approximate surface area is 110 Å². The van der Waals surface area contributed by atoms with Crippen molar-refractivity contribution in [3.8, 4) is 0 Å². The molecule has 1 amide bonds. The summed E-state index contributed by atoms with van der Waals surface area (Å²) in [5.74, 6) is 0.0553. The Morgan fingerprint density at radius 1 is 1.17 bits per heavy atom. The van der Waals surface area contributed by atoms with Crippen LogP contribution in [0.1, 0.15) is 58.8 Å². The molecule has 4 heteroatoms. The number of nitrogens with zero attached hydrogens (tertiary/aromatic N) is 1. The van der Waals surface area contributed by atoms with Gasteiger partial charge in [0, 0.05) is 19.4 Å². The van der Waals surface area contributed by atoms with Gasteiger partial charge in [-0.2, -0.15) is 0 Å². The van der Waals surface area contributed by atoms with E-state index in [4.69, 9.17) is 4.74 Å². The van der Waals surface area contributed by atoms with Gasteiger partial charge in [0.2, 0.25) is 5.91 Å². The molecule has 0 spiro atoms. The molecule has 0 aromatic rings. The molecule has 104 valence electrons. The molecule has 0 radical (unpaired) electrons. The highest BCUT2D eigenvalue weighted by Crippen LogP contribution is 2.19. The van der Waals surface area contributed by atoms with E-state index in [2.05, 4.69) is 0 Å². The predicted molar refractivity (Wildman–Crippen MR) is 70.1 cm³/mol. The molecule has 0 bridgehead atoms. The first-order chi connectivity index (χ1) is 8.69. The van der Waals surface area contributed by atoms with Crippen LogP contribution in [0.2, 0.25) is 0 Å². The summed E-state index contributed by atoms with van der Waals surface area (Å²) >= 11 is 0. The summed E-state index contributed by atoms with van der Waals surface area (Å²) in [7, 11) is 0. The standard InChI is InChI=1S/C14H25NO3/c1-3-7-13(16)15-10-6-5-9-12(15)11-18-14(17)8-4-2/h12H,3-11H2,1-2H3/t12-/m1/s1. The van der Waals surface area contributed by atoms with E-state index in [0.717, 1.165) is 38.6 Å². The van der Waals surface area contributed by atoms with E-state index in [1.807, 2.05) is 18.7 Å². The molecule has 1 rings (SSSR count). The molecule has 0 aromatic carbocycles. The maximum Gasteiger partial charge on any atom is 0.305 e. The van der Waals surface area contributed by atoms with Crippen molar-refractivity contribution in [1.29, 1.82) is 0 Å². The first-order valence-corrected chi connectivity index (χ1v) is 7.14. The minimum atomic E-state index is -0.147. The quantitative estimate of drug-likeness (QED) is 0.685. The van der Waals surface area contributed by atoms with Gasteiger partial charge in [-0.15, -0.1) is 0 Å². The highest BCUT2D eigenvalue weighted by molar-refractivity contribution is 5.76. The molecule has 18 heavy (non-hydrogen) atoms. The van der Waals surface area contributed by atoms with Gasteiger partial charge in [0.05, 0.1) is 6.04 Å². The molecule has 4 nitrogen and oxygen atoms in total. The highest BCUT2D eigenvalue weighted by Gasteiger charge is 2.26. The molecule has 1 atom stereocenters. The number of likely N-dealkylation sites (tertiary alicyclic amines) is 1. The van der Waals surface area contributed by atoms with Crippen LogP contribution in [0.4, 0.5) is 0 Å². The lowest BCUT2D eigenvalue weighted by Crippen LogP contribution is -2.46. The van der Waals surface area contributed by atoms with Crippen LogP contribution < -0.4 is 0 Å². The summed E-state index contributed by atoms with van der Waals surface area (Å²) in [6.45, 7) is 5.15. The van der Waals surface area contributed by atoms with E-state index in [9.17, 15) is 9.59 Å². The largest absolute Gasteiger partial charge is 0.463 e. The van der Waals surface area contributed by atoms with Crippen molar-refractivity contribution in [3.63, 3.8) is 0 Å². The van der Waals surface area contributed by atoms with Crippen LogP contribution in [0.15, 0.2) is 0 Å². The van der Waals surface area contributed by atoms with Gasteiger partial charge in [0.25, 0.3) is 0 Å². The summed E-state index contributed by atoms with van der Waals surface area (Å²) in [5, 5.41) is 0. The number of esters is 1. The smallest absolute Gasteiger partial charge is 0.305 e. The molecular weight excluding hydrogens is 230 g/mol. The van der Waals surface area contributed by atoms with Crippen molar-refractivity contribution in [3.05, 3.63) is 0 Å². The van der Waals surface area contributed by atoms with Crippen molar-refractivity contribution in [2.75, 3.05) is 13.2 Å². The monoisotopic (exact) mass is 255 g/mol. The van der Waals surface area contributed by atoms with E-state index >= 15 is 0 Å². The second-order valence-electron chi connectivity index (χ2n) is 4.92. The lowest BCUT2D eigenvalue weighted by Gasteiger charge is -2.35. The van der Waals surface area contributed by atoms with Crippen LogP contribution in [-0.4, -0.2) is 36.0 Å². The fourth-order valence-corrected chi connectivity index (χ4v) is 2.33. The molecule has 0 saturated carbocycles. The van der Waals surface area contributed by atoms with Crippen LogP contribution in [0.5, 0.6) is 0 Å². The van der Waals surface area contributed by atoms with Gasteiger partial charge in [-0.3, -0.25) is 9.59 Å². The topological polar surface area (TPSA) is 46.6 Å². The normalized spacial score (nSPS) is 19.7. The van der Waals surface area contributed by atoms with Crippen LogP contribution in [0.25, 0.3) is 0 Å². The number of hydrogen-bond donors (Lipinski definition) is 0. The Bertz CT molecular complexity index is 278. The number of carbonyl (C=O) groups excluding carboxylic acids is 2. The number of ether oxygens (including phenoxy) is 1. The van der Waals surface area contributed by atoms with Gasteiger partial charge in [-0.1, -0.05) is 13.8 Å². The first-order valence-electron chi connectivity index (χ1n) is 7.14.